The van der Waals surface area contributed by atoms with Gasteiger partial charge >= 0.3 is 0 Å². The molecule has 0 aliphatic carbocycles. The molecule has 0 heterocycles. The molecule has 0 amide bonds. The number of hydrogen-bond acceptors (Lipinski definition) is 2. The molecule has 3 heteroatoms. The molecule has 0 unspecified atom stereocenters. The Morgan fingerprint density at radius 3 is 1.53 bits per heavy atom. The predicted molar refractivity (Wildman–Crippen MR) is 66.1 cm³/mol. The van der Waals surface area contributed by atoms with Crippen LogP contribution in [0, 0.1) is 0 Å². The molecule has 2 nitrogen and oxygen atoms in total. The van der Waals surface area contributed by atoms with Crippen LogP contribution in [0.4, 0.5) is 0 Å². The minimum Gasteiger partial charge on any atom is -0.220 e. The fraction of sp³-hybridized carbons (Fsp3) is 0.333. The second-order valence-electron chi connectivity index (χ2n) is 3.06. The first-order chi connectivity index (χ1) is 7.12. The van der Waals surface area contributed by atoms with Gasteiger partial charge in [-0.2, -0.15) is 0 Å². The zero-order chi connectivity index (χ0) is 11.6. The van der Waals surface area contributed by atoms with Crippen molar-refractivity contribution in [1.82, 2.24) is 0 Å². The Morgan fingerprint density at radius 2 is 1.20 bits per heavy atom. The summed E-state index contributed by atoms with van der Waals surface area (Å²) in [5.74, 6) is 0. The average Bonchev–Trinajstić information content (AvgIpc) is 2.20. The van der Waals surface area contributed by atoms with Gasteiger partial charge in [0.15, 0.2) is 9.84 Å². The molecule has 15 heavy (non-hydrogen) atoms. The number of sulfone groups is 1. The second-order valence-corrected chi connectivity index (χ2v) is 4.79. The molecule has 0 aromatic rings. The minimum atomic E-state index is -3.17. The van der Waals surface area contributed by atoms with Crippen LogP contribution in [0.2, 0.25) is 0 Å². The largest absolute Gasteiger partial charge is 0.220 e. The lowest BCUT2D eigenvalue weighted by Gasteiger charge is -1.89. The summed E-state index contributed by atoms with van der Waals surface area (Å²) in [6.07, 6.45) is 9.84. The van der Waals surface area contributed by atoms with E-state index in [0.29, 0.717) is 12.8 Å². The van der Waals surface area contributed by atoms with Crippen molar-refractivity contribution in [2.24, 2.45) is 0 Å². The van der Waals surface area contributed by atoms with Crippen LogP contribution < -0.4 is 0 Å². The van der Waals surface area contributed by atoms with Crippen LogP contribution in [0.5, 0.6) is 0 Å². The van der Waals surface area contributed by atoms with Gasteiger partial charge in [0.25, 0.3) is 0 Å². The van der Waals surface area contributed by atoms with Crippen LogP contribution in [0.25, 0.3) is 0 Å². The molecule has 0 saturated heterocycles. The molecule has 0 N–H and O–H groups in total. The van der Waals surface area contributed by atoms with E-state index in [1.165, 1.54) is 10.8 Å². The Bertz CT molecular complexity index is 307. The normalized spacial score (nSPS) is 12.3. The van der Waals surface area contributed by atoms with Gasteiger partial charge in [0.2, 0.25) is 0 Å². The van der Waals surface area contributed by atoms with Gasteiger partial charge in [-0.1, -0.05) is 24.3 Å². The van der Waals surface area contributed by atoms with Crippen molar-refractivity contribution in [3.05, 3.63) is 48.3 Å². The van der Waals surface area contributed by atoms with Gasteiger partial charge in [0, 0.05) is 10.8 Å². The Balaban J connectivity index is 4.06. The molecule has 0 spiro atoms. The van der Waals surface area contributed by atoms with Gasteiger partial charge < -0.3 is 0 Å². The first-order valence-electron chi connectivity index (χ1n) is 4.92. The SMILES string of the molecule is C=CCCC=CS(=O)(=O)C=CCCC=C. The molecule has 0 aromatic carbocycles. The minimum absolute atomic E-state index is 0.712. The van der Waals surface area contributed by atoms with Crippen LogP contribution in [-0.2, 0) is 9.84 Å². The van der Waals surface area contributed by atoms with Crippen LogP contribution in [0.3, 0.4) is 0 Å². The fourth-order valence-corrected chi connectivity index (χ4v) is 1.78. The molecule has 84 valence electrons. The zero-order valence-electron chi connectivity index (χ0n) is 8.93. The van der Waals surface area contributed by atoms with Gasteiger partial charge in [-0.3, -0.25) is 0 Å². The van der Waals surface area contributed by atoms with E-state index < -0.39 is 9.84 Å². The molecule has 0 aromatic heterocycles. The van der Waals surface area contributed by atoms with E-state index in [0.717, 1.165) is 12.8 Å². The van der Waals surface area contributed by atoms with E-state index in [1.807, 2.05) is 0 Å². The highest BCUT2D eigenvalue weighted by Crippen LogP contribution is 2.01. The lowest BCUT2D eigenvalue weighted by Crippen LogP contribution is -1.87. The van der Waals surface area contributed by atoms with Crippen molar-refractivity contribution >= 4 is 9.84 Å². The summed E-state index contributed by atoms with van der Waals surface area (Å²) in [5.41, 5.74) is 0. The highest BCUT2D eigenvalue weighted by Gasteiger charge is 1.96. The quantitative estimate of drug-likeness (QED) is 0.470. The standard InChI is InChI=1S/C12H18O2S/c1-3-5-7-9-11-15(13,14)12-10-8-6-4-2/h3-4,9-12H,1-2,5-8H2. The van der Waals surface area contributed by atoms with Gasteiger partial charge in [0.05, 0.1) is 0 Å². The fourth-order valence-electron chi connectivity index (χ4n) is 0.878. The van der Waals surface area contributed by atoms with Crippen molar-refractivity contribution < 1.29 is 8.42 Å². The summed E-state index contributed by atoms with van der Waals surface area (Å²) >= 11 is 0. The number of allylic oxidation sites excluding steroid dienone is 4. The molecule has 0 fully saturated rings. The lowest BCUT2D eigenvalue weighted by atomic mass is 10.3. The van der Waals surface area contributed by atoms with Crippen LogP contribution in [0.1, 0.15) is 25.7 Å². The molecule has 0 rings (SSSR count). The maximum atomic E-state index is 11.3. The Kier molecular flexibility index (Phi) is 7.64. The highest BCUT2D eigenvalue weighted by molar-refractivity contribution is 7.97. The van der Waals surface area contributed by atoms with Crippen molar-refractivity contribution in [3.63, 3.8) is 0 Å². The monoisotopic (exact) mass is 226 g/mol. The number of unbranched alkanes of at least 4 members (excludes halogenated alkanes) is 2. The van der Waals surface area contributed by atoms with Crippen LogP contribution in [-0.4, -0.2) is 8.42 Å². The topological polar surface area (TPSA) is 34.1 Å². The van der Waals surface area contributed by atoms with E-state index in [-0.39, 0.29) is 0 Å². The maximum Gasteiger partial charge on any atom is 0.192 e. The highest BCUT2D eigenvalue weighted by atomic mass is 32.2. The summed E-state index contributed by atoms with van der Waals surface area (Å²) in [5, 5.41) is 2.47. The zero-order valence-corrected chi connectivity index (χ0v) is 9.75. The Hall–Kier alpha value is -1.09. The number of rotatable bonds is 8. The van der Waals surface area contributed by atoms with E-state index in [2.05, 4.69) is 13.2 Å². The summed E-state index contributed by atoms with van der Waals surface area (Å²) < 4.78 is 22.7. The molecular formula is C12H18O2S. The molecule has 0 radical (unpaired) electrons. The van der Waals surface area contributed by atoms with Gasteiger partial charge in [0.1, 0.15) is 0 Å². The van der Waals surface area contributed by atoms with Crippen LogP contribution >= 0.6 is 0 Å². The van der Waals surface area contributed by atoms with E-state index in [9.17, 15) is 8.42 Å². The molecule has 0 aliphatic heterocycles. The molecular weight excluding hydrogens is 208 g/mol. The summed E-state index contributed by atoms with van der Waals surface area (Å²) in [6, 6.07) is 0. The second kappa shape index (κ2) is 8.24. The number of hydrogen-bond donors (Lipinski definition) is 0. The van der Waals surface area contributed by atoms with Crippen molar-refractivity contribution in [3.8, 4) is 0 Å². The smallest absolute Gasteiger partial charge is 0.192 e. The third-order valence-electron chi connectivity index (χ3n) is 1.65. The molecule has 0 aliphatic rings. The third kappa shape index (κ3) is 9.22. The summed E-state index contributed by atoms with van der Waals surface area (Å²) in [6.45, 7) is 7.12. The van der Waals surface area contributed by atoms with Crippen molar-refractivity contribution in [2.75, 3.05) is 0 Å². The molecule has 0 bridgehead atoms. The van der Waals surface area contributed by atoms with Gasteiger partial charge in [-0.25, -0.2) is 8.42 Å². The van der Waals surface area contributed by atoms with Crippen molar-refractivity contribution in [1.29, 1.82) is 0 Å². The predicted octanol–water partition coefficient (Wildman–Crippen LogP) is 3.36. The Labute approximate surface area is 92.6 Å². The average molecular weight is 226 g/mol. The van der Waals surface area contributed by atoms with Gasteiger partial charge in [-0.15, -0.1) is 13.2 Å². The summed E-state index contributed by atoms with van der Waals surface area (Å²) in [4.78, 5) is 0. The maximum absolute atomic E-state index is 11.3. The van der Waals surface area contributed by atoms with Crippen LogP contribution in [0.15, 0.2) is 48.3 Å². The first kappa shape index (κ1) is 13.9. The lowest BCUT2D eigenvalue weighted by molar-refractivity contribution is 0.612. The summed E-state index contributed by atoms with van der Waals surface area (Å²) in [7, 11) is -3.17. The van der Waals surface area contributed by atoms with E-state index in [4.69, 9.17) is 0 Å². The van der Waals surface area contributed by atoms with Crippen molar-refractivity contribution in [2.45, 2.75) is 25.7 Å². The Morgan fingerprint density at radius 1 is 0.800 bits per heavy atom. The molecule has 0 saturated carbocycles. The third-order valence-corrected chi connectivity index (χ3v) is 2.79. The first-order valence-corrected chi connectivity index (χ1v) is 6.53. The van der Waals surface area contributed by atoms with E-state index >= 15 is 0 Å². The van der Waals surface area contributed by atoms with E-state index in [1.54, 1.807) is 24.3 Å². The molecule has 0 atom stereocenters. The van der Waals surface area contributed by atoms with Gasteiger partial charge in [-0.05, 0) is 25.7 Å².